The summed E-state index contributed by atoms with van der Waals surface area (Å²) in [5.74, 6) is 0.0698. The molecule has 0 fully saturated rings. The number of H-pyrrole nitrogens is 1. The molecule has 0 spiro atoms. The second kappa shape index (κ2) is 8.21. The highest BCUT2D eigenvalue weighted by atomic mass is 16.1. The molecule has 0 aliphatic rings. The fourth-order valence-electron chi connectivity index (χ4n) is 2.11. The standard InChI is InChI=1S/C16H22N4O/c1-13(14-5-3-2-4-6-14)20-16(21)8-10-17-9-7-15-11-18-12-19-15/h2-6,11-13,17H,7-10H2,1H3,(H,18,19)(H,20,21)/t13-/m0/s1. The number of hydrogen-bond acceptors (Lipinski definition) is 3. The lowest BCUT2D eigenvalue weighted by Crippen LogP contribution is -2.30. The van der Waals surface area contributed by atoms with Crippen molar-refractivity contribution in [2.75, 3.05) is 13.1 Å². The summed E-state index contributed by atoms with van der Waals surface area (Å²) in [6, 6.07) is 10.0. The van der Waals surface area contributed by atoms with Gasteiger partial charge in [-0.3, -0.25) is 4.79 Å². The predicted octanol–water partition coefficient (Wildman–Crippen LogP) is 1.81. The van der Waals surface area contributed by atoms with E-state index in [-0.39, 0.29) is 11.9 Å². The molecule has 1 aromatic heterocycles. The maximum absolute atomic E-state index is 11.9. The lowest BCUT2D eigenvalue weighted by molar-refractivity contribution is -0.121. The highest BCUT2D eigenvalue weighted by Gasteiger charge is 2.08. The van der Waals surface area contributed by atoms with Gasteiger partial charge in [0.1, 0.15) is 0 Å². The summed E-state index contributed by atoms with van der Waals surface area (Å²) in [5.41, 5.74) is 2.22. The molecule has 5 heteroatoms. The van der Waals surface area contributed by atoms with E-state index in [0.717, 1.165) is 24.2 Å². The minimum atomic E-state index is 0.0451. The minimum absolute atomic E-state index is 0.0451. The molecule has 0 bridgehead atoms. The zero-order valence-corrected chi connectivity index (χ0v) is 12.3. The Morgan fingerprint density at radius 1 is 1.29 bits per heavy atom. The van der Waals surface area contributed by atoms with Crippen LogP contribution < -0.4 is 10.6 Å². The average molecular weight is 286 g/mol. The first-order valence-corrected chi connectivity index (χ1v) is 7.28. The van der Waals surface area contributed by atoms with Crippen LogP contribution in [0.1, 0.15) is 30.6 Å². The van der Waals surface area contributed by atoms with E-state index in [2.05, 4.69) is 20.6 Å². The lowest BCUT2D eigenvalue weighted by Gasteiger charge is -2.14. The molecule has 1 atom stereocenters. The predicted molar refractivity (Wildman–Crippen MR) is 82.8 cm³/mol. The SMILES string of the molecule is C[C@H](NC(=O)CCNCCc1cnc[nH]1)c1ccccc1. The highest BCUT2D eigenvalue weighted by molar-refractivity contribution is 5.76. The Balaban J connectivity index is 1.59. The van der Waals surface area contributed by atoms with Gasteiger partial charge in [-0.25, -0.2) is 4.98 Å². The van der Waals surface area contributed by atoms with Gasteiger partial charge in [-0.2, -0.15) is 0 Å². The molecule has 112 valence electrons. The first-order valence-electron chi connectivity index (χ1n) is 7.28. The van der Waals surface area contributed by atoms with Crippen LogP contribution in [0.4, 0.5) is 0 Å². The average Bonchev–Trinajstić information content (AvgIpc) is 3.01. The third kappa shape index (κ3) is 5.39. The fourth-order valence-corrected chi connectivity index (χ4v) is 2.11. The van der Waals surface area contributed by atoms with Crippen molar-refractivity contribution in [3.8, 4) is 0 Å². The molecule has 0 aliphatic heterocycles. The van der Waals surface area contributed by atoms with Crippen molar-refractivity contribution < 1.29 is 4.79 Å². The van der Waals surface area contributed by atoms with Gasteiger partial charge < -0.3 is 15.6 Å². The van der Waals surface area contributed by atoms with E-state index < -0.39 is 0 Å². The zero-order valence-electron chi connectivity index (χ0n) is 12.3. The smallest absolute Gasteiger partial charge is 0.221 e. The Hall–Kier alpha value is -2.14. The van der Waals surface area contributed by atoms with Crippen LogP contribution in [-0.4, -0.2) is 29.0 Å². The van der Waals surface area contributed by atoms with Crippen molar-refractivity contribution in [2.24, 2.45) is 0 Å². The van der Waals surface area contributed by atoms with Gasteiger partial charge in [0.2, 0.25) is 5.91 Å². The molecule has 0 saturated heterocycles. The largest absolute Gasteiger partial charge is 0.350 e. The number of imidazole rings is 1. The van der Waals surface area contributed by atoms with Gasteiger partial charge in [0.25, 0.3) is 0 Å². The molecule has 0 saturated carbocycles. The van der Waals surface area contributed by atoms with Crippen LogP contribution in [0, 0.1) is 0 Å². The number of benzene rings is 1. The normalized spacial score (nSPS) is 12.0. The number of carbonyl (C=O) groups excluding carboxylic acids is 1. The van der Waals surface area contributed by atoms with Gasteiger partial charge in [-0.15, -0.1) is 0 Å². The van der Waals surface area contributed by atoms with Gasteiger partial charge >= 0.3 is 0 Å². The topological polar surface area (TPSA) is 69.8 Å². The molecule has 0 radical (unpaired) electrons. The van der Waals surface area contributed by atoms with Crippen LogP contribution in [0.5, 0.6) is 0 Å². The van der Waals surface area contributed by atoms with Crippen LogP contribution in [0.25, 0.3) is 0 Å². The number of aromatic amines is 1. The summed E-state index contributed by atoms with van der Waals surface area (Å²) in [4.78, 5) is 18.9. The van der Waals surface area contributed by atoms with E-state index in [1.165, 1.54) is 0 Å². The van der Waals surface area contributed by atoms with E-state index in [4.69, 9.17) is 0 Å². The maximum Gasteiger partial charge on any atom is 0.221 e. The molecule has 3 N–H and O–H groups in total. The van der Waals surface area contributed by atoms with Crippen molar-refractivity contribution >= 4 is 5.91 Å². The molecular weight excluding hydrogens is 264 g/mol. The second-order valence-corrected chi connectivity index (χ2v) is 5.03. The third-order valence-corrected chi connectivity index (χ3v) is 3.33. The summed E-state index contributed by atoms with van der Waals surface area (Å²) in [6.45, 7) is 3.52. The van der Waals surface area contributed by atoms with Crippen LogP contribution in [0.15, 0.2) is 42.9 Å². The van der Waals surface area contributed by atoms with Crippen LogP contribution in [0.3, 0.4) is 0 Å². The molecule has 21 heavy (non-hydrogen) atoms. The summed E-state index contributed by atoms with van der Waals surface area (Å²) in [7, 11) is 0. The number of hydrogen-bond donors (Lipinski definition) is 3. The molecule has 2 rings (SSSR count). The van der Waals surface area contributed by atoms with Crippen LogP contribution in [-0.2, 0) is 11.2 Å². The monoisotopic (exact) mass is 286 g/mol. The third-order valence-electron chi connectivity index (χ3n) is 3.33. The van der Waals surface area contributed by atoms with Crippen molar-refractivity contribution in [3.05, 3.63) is 54.1 Å². The Kier molecular flexibility index (Phi) is 5.97. The fraction of sp³-hybridized carbons (Fsp3) is 0.375. The summed E-state index contributed by atoms with van der Waals surface area (Å²) in [5, 5.41) is 6.26. The van der Waals surface area contributed by atoms with Gasteiger partial charge in [0.15, 0.2) is 0 Å². The molecule has 1 amide bonds. The van der Waals surface area contributed by atoms with Crippen molar-refractivity contribution in [2.45, 2.75) is 25.8 Å². The minimum Gasteiger partial charge on any atom is -0.350 e. The first kappa shape index (κ1) is 15.3. The second-order valence-electron chi connectivity index (χ2n) is 5.03. The molecule has 2 aromatic rings. The number of nitrogens with one attached hydrogen (secondary N) is 3. The number of carbonyl (C=O) groups is 1. The Bertz CT molecular complexity index is 524. The number of nitrogens with zero attached hydrogens (tertiary/aromatic N) is 1. The molecule has 0 unspecified atom stereocenters. The van der Waals surface area contributed by atoms with E-state index in [1.54, 1.807) is 6.33 Å². The molecular formula is C16H22N4O. The van der Waals surface area contributed by atoms with Crippen molar-refractivity contribution in [1.82, 2.24) is 20.6 Å². The van der Waals surface area contributed by atoms with Gasteiger partial charge in [-0.1, -0.05) is 30.3 Å². The highest BCUT2D eigenvalue weighted by Crippen LogP contribution is 2.10. The summed E-state index contributed by atoms with van der Waals surface area (Å²) < 4.78 is 0. The van der Waals surface area contributed by atoms with Gasteiger partial charge in [-0.05, 0) is 12.5 Å². The van der Waals surface area contributed by atoms with E-state index in [0.29, 0.717) is 13.0 Å². The number of amides is 1. The van der Waals surface area contributed by atoms with E-state index in [9.17, 15) is 4.79 Å². The van der Waals surface area contributed by atoms with E-state index >= 15 is 0 Å². The summed E-state index contributed by atoms with van der Waals surface area (Å²) >= 11 is 0. The van der Waals surface area contributed by atoms with E-state index in [1.807, 2.05) is 43.5 Å². The van der Waals surface area contributed by atoms with Crippen LogP contribution in [0.2, 0.25) is 0 Å². The Labute approximate surface area is 125 Å². The Morgan fingerprint density at radius 2 is 2.10 bits per heavy atom. The van der Waals surface area contributed by atoms with Crippen molar-refractivity contribution in [1.29, 1.82) is 0 Å². The molecule has 0 aliphatic carbocycles. The number of rotatable bonds is 8. The number of aromatic nitrogens is 2. The van der Waals surface area contributed by atoms with Crippen molar-refractivity contribution in [3.63, 3.8) is 0 Å². The van der Waals surface area contributed by atoms with Gasteiger partial charge in [0.05, 0.1) is 12.4 Å². The Morgan fingerprint density at radius 3 is 2.81 bits per heavy atom. The zero-order chi connectivity index (χ0) is 14.9. The quantitative estimate of drug-likeness (QED) is 0.648. The first-order chi connectivity index (χ1) is 10.3. The molecule has 5 nitrogen and oxygen atoms in total. The summed E-state index contributed by atoms with van der Waals surface area (Å²) in [6.07, 6.45) is 4.87. The maximum atomic E-state index is 11.9. The molecule has 1 heterocycles. The van der Waals surface area contributed by atoms with Gasteiger partial charge in [0, 0.05) is 37.8 Å². The lowest BCUT2D eigenvalue weighted by atomic mass is 10.1. The molecule has 1 aromatic carbocycles. The van der Waals surface area contributed by atoms with Crippen LogP contribution >= 0.6 is 0 Å².